The van der Waals surface area contributed by atoms with E-state index in [0.29, 0.717) is 99.9 Å². The third-order valence-electron chi connectivity index (χ3n) is 7.91. The average molecular weight is 692 g/mol. The molecule has 12 nitrogen and oxygen atoms in total. The molecule has 0 unspecified atom stereocenters. The lowest BCUT2D eigenvalue weighted by Gasteiger charge is -2.14. The van der Waals surface area contributed by atoms with Gasteiger partial charge in [0.1, 0.15) is 5.65 Å². The number of methoxy groups -OCH3 is 2. The summed E-state index contributed by atoms with van der Waals surface area (Å²) in [6.45, 7) is 1.00. The Kier molecular flexibility index (Phi) is 10.4. The first-order chi connectivity index (χ1) is 23.3. The molecule has 3 aromatic heterocycles. The molecule has 0 aliphatic carbocycles. The Bertz CT molecular complexity index is 2100. The molecule has 6 rings (SSSR count). The van der Waals surface area contributed by atoms with Crippen LogP contribution in [0.4, 0.5) is 0 Å². The zero-order chi connectivity index (χ0) is 33.6. The molecular formula is C34H34ClN5O7S. The molecule has 1 aliphatic heterocycles. The second-order valence-corrected chi connectivity index (χ2v) is 12.5. The molecule has 48 heavy (non-hydrogen) atoms. The highest BCUT2D eigenvalue weighted by Gasteiger charge is 2.19. The van der Waals surface area contributed by atoms with Gasteiger partial charge in [-0.2, -0.15) is 0 Å². The van der Waals surface area contributed by atoms with Crippen LogP contribution in [0.2, 0.25) is 5.02 Å². The van der Waals surface area contributed by atoms with Crippen LogP contribution in [0.25, 0.3) is 16.6 Å². The summed E-state index contributed by atoms with van der Waals surface area (Å²) in [5.41, 5.74) is 2.11. The number of ether oxygens (including phenoxy) is 4. The molecule has 2 aromatic carbocycles. The fourth-order valence-electron chi connectivity index (χ4n) is 5.44. The minimum atomic E-state index is -0.250. The molecule has 1 N–H and O–H groups in total. The Morgan fingerprint density at radius 3 is 2.60 bits per heavy atom. The van der Waals surface area contributed by atoms with E-state index >= 15 is 0 Å². The van der Waals surface area contributed by atoms with Crippen LogP contribution in [-0.4, -0.2) is 52.4 Å². The molecule has 250 valence electrons. The number of thioether (sulfide) groups is 1. The van der Waals surface area contributed by atoms with E-state index < -0.39 is 0 Å². The third kappa shape index (κ3) is 7.52. The maximum Gasteiger partial charge on any atom is 0.262 e. The van der Waals surface area contributed by atoms with Crippen molar-refractivity contribution in [2.24, 2.45) is 0 Å². The summed E-state index contributed by atoms with van der Waals surface area (Å²) < 4.78 is 24.7. The van der Waals surface area contributed by atoms with Crippen LogP contribution in [0.3, 0.4) is 0 Å². The van der Waals surface area contributed by atoms with Crippen molar-refractivity contribution in [1.82, 2.24) is 24.3 Å². The van der Waals surface area contributed by atoms with Gasteiger partial charge in [-0.15, -0.1) is 0 Å². The van der Waals surface area contributed by atoms with E-state index in [4.69, 9.17) is 35.5 Å². The van der Waals surface area contributed by atoms with Crippen molar-refractivity contribution in [3.63, 3.8) is 0 Å². The maximum atomic E-state index is 13.8. The lowest BCUT2D eigenvalue weighted by Crippen LogP contribution is -2.25. The van der Waals surface area contributed by atoms with Crippen LogP contribution in [0.5, 0.6) is 23.0 Å². The lowest BCUT2D eigenvalue weighted by molar-refractivity contribution is -0.121. The standard InChI is InChI=1S/C34H34ClN5O7S/c1-44-26-9-7-21(14-27(26)45-2)11-12-36-31(41)6-4-3-5-13-39-33(43)24-16-28-29(47-20-46-28)17-25(24)38-34(39)48-19-23-15-32(42)40-18-22(35)8-10-30(40)37-23/h7-10,14-18H,3-6,11-13,19-20H2,1-2H3,(H,36,41). The van der Waals surface area contributed by atoms with Gasteiger partial charge in [0.05, 0.1) is 35.8 Å². The van der Waals surface area contributed by atoms with E-state index in [1.165, 1.54) is 28.4 Å². The van der Waals surface area contributed by atoms with Gasteiger partial charge in [0, 0.05) is 43.6 Å². The normalized spacial score (nSPS) is 12.1. The van der Waals surface area contributed by atoms with Crippen LogP contribution >= 0.6 is 23.4 Å². The van der Waals surface area contributed by atoms with Crippen LogP contribution < -0.4 is 35.4 Å². The number of amides is 1. The van der Waals surface area contributed by atoms with Crippen molar-refractivity contribution in [2.45, 2.75) is 49.6 Å². The third-order valence-corrected chi connectivity index (χ3v) is 9.14. The number of nitrogens with zero attached hydrogens (tertiary/aromatic N) is 4. The summed E-state index contributed by atoms with van der Waals surface area (Å²) in [4.78, 5) is 48.4. The molecule has 0 bridgehead atoms. The second-order valence-electron chi connectivity index (χ2n) is 11.1. The largest absolute Gasteiger partial charge is 0.493 e. The SMILES string of the molecule is COc1ccc(CCNC(=O)CCCCCn2c(SCc3cc(=O)n4cc(Cl)ccc4n3)nc3cc4c(cc3c2=O)OCO4)cc1OC. The van der Waals surface area contributed by atoms with Gasteiger partial charge in [-0.3, -0.25) is 23.4 Å². The molecule has 5 aromatic rings. The number of nitrogens with one attached hydrogen (secondary N) is 1. The van der Waals surface area contributed by atoms with Crippen LogP contribution in [-0.2, 0) is 23.5 Å². The van der Waals surface area contributed by atoms with Crippen LogP contribution in [0, 0.1) is 0 Å². The number of hydrogen-bond donors (Lipinski definition) is 1. The fourth-order valence-corrected chi connectivity index (χ4v) is 6.52. The molecule has 0 spiro atoms. The molecule has 4 heterocycles. The van der Waals surface area contributed by atoms with Gasteiger partial charge in [-0.25, -0.2) is 9.97 Å². The molecular weight excluding hydrogens is 658 g/mol. The van der Waals surface area contributed by atoms with Crippen molar-refractivity contribution < 1.29 is 23.7 Å². The van der Waals surface area contributed by atoms with E-state index in [1.807, 2.05) is 18.2 Å². The van der Waals surface area contributed by atoms with Gasteiger partial charge in [0.15, 0.2) is 28.2 Å². The van der Waals surface area contributed by atoms with Crippen LogP contribution in [0.15, 0.2) is 69.5 Å². The second kappa shape index (κ2) is 15.0. The molecule has 0 atom stereocenters. The number of benzene rings is 2. The van der Waals surface area contributed by atoms with Crippen molar-refractivity contribution in [3.05, 3.63) is 91.7 Å². The summed E-state index contributed by atoms with van der Waals surface area (Å²) in [6, 6.07) is 13.9. The zero-order valence-corrected chi connectivity index (χ0v) is 28.1. The Hall–Kier alpha value is -4.75. The van der Waals surface area contributed by atoms with Crippen molar-refractivity contribution in [1.29, 1.82) is 0 Å². The van der Waals surface area contributed by atoms with Gasteiger partial charge in [0.2, 0.25) is 12.7 Å². The van der Waals surface area contributed by atoms with Crippen molar-refractivity contribution >= 4 is 45.8 Å². The zero-order valence-electron chi connectivity index (χ0n) is 26.5. The number of rotatable bonds is 14. The number of carbonyl (C=O) groups is 1. The van der Waals surface area contributed by atoms with Gasteiger partial charge in [-0.1, -0.05) is 35.9 Å². The first-order valence-electron chi connectivity index (χ1n) is 15.5. The first kappa shape index (κ1) is 33.2. The minimum absolute atomic E-state index is 0.0200. The predicted molar refractivity (Wildman–Crippen MR) is 183 cm³/mol. The highest BCUT2D eigenvalue weighted by molar-refractivity contribution is 7.98. The summed E-state index contributed by atoms with van der Waals surface area (Å²) in [6.07, 6.45) is 4.66. The van der Waals surface area contributed by atoms with E-state index in [9.17, 15) is 14.4 Å². The fraction of sp³-hybridized carbons (Fsp3) is 0.324. The summed E-state index contributed by atoms with van der Waals surface area (Å²) in [5, 5.41) is 4.34. The van der Waals surface area contributed by atoms with Crippen LogP contribution in [0.1, 0.15) is 36.9 Å². The quantitative estimate of drug-likeness (QED) is 0.0961. The van der Waals surface area contributed by atoms with E-state index in [1.54, 1.807) is 43.1 Å². The average Bonchev–Trinajstić information content (AvgIpc) is 3.55. The molecule has 14 heteroatoms. The summed E-state index contributed by atoms with van der Waals surface area (Å²) >= 11 is 7.37. The van der Waals surface area contributed by atoms with Gasteiger partial charge >= 0.3 is 0 Å². The smallest absolute Gasteiger partial charge is 0.262 e. The predicted octanol–water partition coefficient (Wildman–Crippen LogP) is 5.02. The van der Waals surface area contributed by atoms with Gasteiger partial charge < -0.3 is 24.3 Å². The molecule has 0 saturated heterocycles. The number of halogens is 1. The Balaban J connectivity index is 1.08. The molecule has 1 aliphatic rings. The Labute approximate surface area is 285 Å². The monoisotopic (exact) mass is 691 g/mol. The topological polar surface area (TPSA) is 135 Å². The molecule has 0 radical (unpaired) electrons. The number of hydrogen-bond acceptors (Lipinski definition) is 10. The van der Waals surface area contributed by atoms with Gasteiger partial charge in [0.25, 0.3) is 11.1 Å². The Morgan fingerprint density at radius 1 is 0.979 bits per heavy atom. The number of pyridine rings is 1. The van der Waals surface area contributed by atoms with Crippen molar-refractivity contribution in [3.8, 4) is 23.0 Å². The molecule has 0 fully saturated rings. The van der Waals surface area contributed by atoms with Crippen molar-refractivity contribution in [2.75, 3.05) is 27.6 Å². The lowest BCUT2D eigenvalue weighted by atomic mass is 10.1. The van der Waals surface area contributed by atoms with Gasteiger partial charge in [-0.05, 0) is 55.2 Å². The Morgan fingerprint density at radius 2 is 1.79 bits per heavy atom. The van der Waals surface area contributed by atoms with E-state index in [0.717, 1.165) is 12.0 Å². The minimum Gasteiger partial charge on any atom is -0.493 e. The highest BCUT2D eigenvalue weighted by Crippen LogP contribution is 2.35. The first-order valence-corrected chi connectivity index (χ1v) is 16.8. The molecule has 0 saturated carbocycles. The number of aromatic nitrogens is 4. The summed E-state index contributed by atoms with van der Waals surface area (Å²) in [7, 11) is 3.19. The number of carbonyl (C=O) groups excluding carboxylic acids is 1. The number of unbranched alkanes of at least 4 members (excludes halogenated alkanes) is 2. The highest BCUT2D eigenvalue weighted by atomic mass is 35.5. The summed E-state index contributed by atoms with van der Waals surface area (Å²) in [5.74, 6) is 2.66. The number of fused-ring (bicyclic) bond motifs is 3. The molecule has 1 amide bonds. The van der Waals surface area contributed by atoms with E-state index in [2.05, 4.69) is 10.3 Å². The van der Waals surface area contributed by atoms with E-state index in [-0.39, 0.29) is 23.8 Å². The maximum absolute atomic E-state index is 13.8.